The van der Waals surface area contributed by atoms with Gasteiger partial charge in [-0.3, -0.25) is 0 Å². The molecule has 0 atom stereocenters. The molecule has 0 aliphatic heterocycles. The standard InChI is InChI=1S/C16H17N3O2/c1-11(2)20-15-12(6-5-9-17-15)10-18-16-19-13-7-3-4-8-14(13)21-16/h3-9,11H,10H2,1-2H3,(H,18,19). The Hall–Kier alpha value is -2.56. The monoisotopic (exact) mass is 283 g/mol. The highest BCUT2D eigenvalue weighted by atomic mass is 16.5. The molecule has 3 aromatic rings. The number of pyridine rings is 1. The van der Waals surface area contributed by atoms with Gasteiger partial charge in [0.05, 0.1) is 6.10 Å². The Labute approximate surface area is 123 Å². The fourth-order valence-corrected chi connectivity index (χ4v) is 2.01. The lowest BCUT2D eigenvalue weighted by molar-refractivity contribution is 0.230. The maximum absolute atomic E-state index is 5.69. The van der Waals surface area contributed by atoms with Crippen LogP contribution in [0.5, 0.6) is 5.88 Å². The number of ether oxygens (including phenoxy) is 1. The van der Waals surface area contributed by atoms with Crippen LogP contribution >= 0.6 is 0 Å². The van der Waals surface area contributed by atoms with E-state index in [1.165, 1.54) is 0 Å². The average molecular weight is 283 g/mol. The van der Waals surface area contributed by atoms with Crippen molar-refractivity contribution in [2.45, 2.75) is 26.5 Å². The SMILES string of the molecule is CC(C)Oc1ncccc1CNc1nc2ccccc2o1. The minimum absolute atomic E-state index is 0.0861. The van der Waals surface area contributed by atoms with Crippen LogP contribution in [0.25, 0.3) is 11.1 Å². The Balaban J connectivity index is 1.75. The highest BCUT2D eigenvalue weighted by Crippen LogP contribution is 2.21. The number of anilines is 1. The van der Waals surface area contributed by atoms with Crippen molar-refractivity contribution in [3.63, 3.8) is 0 Å². The molecule has 0 aliphatic carbocycles. The third-order valence-corrected chi connectivity index (χ3v) is 2.92. The molecular weight excluding hydrogens is 266 g/mol. The van der Waals surface area contributed by atoms with Gasteiger partial charge in [-0.2, -0.15) is 4.98 Å². The molecule has 108 valence electrons. The zero-order valence-corrected chi connectivity index (χ0v) is 12.0. The molecule has 0 aliphatic rings. The second-order valence-electron chi connectivity index (χ2n) is 4.97. The van der Waals surface area contributed by atoms with Crippen LogP contribution < -0.4 is 10.1 Å². The molecule has 1 N–H and O–H groups in total. The normalized spacial score (nSPS) is 11.0. The number of benzene rings is 1. The smallest absolute Gasteiger partial charge is 0.295 e. The lowest BCUT2D eigenvalue weighted by atomic mass is 10.2. The summed E-state index contributed by atoms with van der Waals surface area (Å²) in [5.41, 5.74) is 2.57. The van der Waals surface area contributed by atoms with Crippen LogP contribution in [0.2, 0.25) is 0 Å². The van der Waals surface area contributed by atoms with Crippen LogP contribution in [0.15, 0.2) is 47.0 Å². The summed E-state index contributed by atoms with van der Waals surface area (Å²) in [6.07, 6.45) is 1.81. The molecule has 0 saturated carbocycles. The average Bonchev–Trinajstić information content (AvgIpc) is 2.88. The highest BCUT2D eigenvalue weighted by molar-refractivity contribution is 5.74. The van der Waals surface area contributed by atoms with E-state index in [-0.39, 0.29) is 6.10 Å². The van der Waals surface area contributed by atoms with Crippen molar-refractivity contribution >= 4 is 17.1 Å². The van der Waals surface area contributed by atoms with Crippen molar-refractivity contribution < 1.29 is 9.15 Å². The minimum Gasteiger partial charge on any atom is -0.475 e. The number of fused-ring (bicyclic) bond motifs is 1. The molecule has 3 rings (SSSR count). The topological polar surface area (TPSA) is 60.2 Å². The number of aromatic nitrogens is 2. The highest BCUT2D eigenvalue weighted by Gasteiger charge is 2.09. The molecule has 0 amide bonds. The number of hydrogen-bond acceptors (Lipinski definition) is 5. The number of hydrogen-bond donors (Lipinski definition) is 1. The van der Waals surface area contributed by atoms with Crippen LogP contribution in [-0.4, -0.2) is 16.1 Å². The van der Waals surface area contributed by atoms with Crippen LogP contribution in [0.4, 0.5) is 6.01 Å². The fourth-order valence-electron chi connectivity index (χ4n) is 2.01. The Kier molecular flexibility index (Phi) is 3.73. The maximum Gasteiger partial charge on any atom is 0.295 e. The summed E-state index contributed by atoms with van der Waals surface area (Å²) in [4.78, 5) is 8.64. The van der Waals surface area contributed by atoms with E-state index in [0.29, 0.717) is 18.4 Å². The number of para-hydroxylation sites is 2. The van der Waals surface area contributed by atoms with Crippen molar-refractivity contribution in [2.75, 3.05) is 5.32 Å². The number of nitrogens with one attached hydrogen (secondary N) is 1. The predicted octanol–water partition coefficient (Wildman–Crippen LogP) is 3.62. The van der Waals surface area contributed by atoms with Crippen LogP contribution in [0.3, 0.4) is 0 Å². The molecule has 2 heterocycles. The second-order valence-corrected chi connectivity index (χ2v) is 4.97. The third kappa shape index (κ3) is 3.13. The van der Waals surface area contributed by atoms with Gasteiger partial charge in [-0.15, -0.1) is 0 Å². The van der Waals surface area contributed by atoms with Crippen molar-refractivity contribution in [3.8, 4) is 5.88 Å². The maximum atomic E-state index is 5.69. The summed E-state index contributed by atoms with van der Waals surface area (Å²) in [6, 6.07) is 12.0. The van der Waals surface area contributed by atoms with Crippen LogP contribution in [0.1, 0.15) is 19.4 Å². The molecule has 0 bridgehead atoms. The summed E-state index contributed by atoms with van der Waals surface area (Å²) in [7, 11) is 0. The summed E-state index contributed by atoms with van der Waals surface area (Å²) in [6.45, 7) is 4.50. The lowest BCUT2D eigenvalue weighted by Gasteiger charge is -2.12. The molecule has 5 nitrogen and oxygen atoms in total. The van der Waals surface area contributed by atoms with Gasteiger partial charge in [-0.1, -0.05) is 18.2 Å². The first-order valence-electron chi connectivity index (χ1n) is 6.92. The molecule has 21 heavy (non-hydrogen) atoms. The summed E-state index contributed by atoms with van der Waals surface area (Å²) >= 11 is 0. The molecule has 0 unspecified atom stereocenters. The summed E-state index contributed by atoms with van der Waals surface area (Å²) in [5, 5.41) is 3.17. The van der Waals surface area contributed by atoms with Crippen molar-refractivity contribution in [1.29, 1.82) is 0 Å². The van der Waals surface area contributed by atoms with Crippen molar-refractivity contribution in [2.24, 2.45) is 0 Å². The molecule has 0 saturated heterocycles. The van der Waals surface area contributed by atoms with Gasteiger partial charge in [0.1, 0.15) is 5.52 Å². The first-order chi connectivity index (χ1) is 10.2. The van der Waals surface area contributed by atoms with E-state index in [9.17, 15) is 0 Å². The number of rotatable bonds is 5. The fraction of sp³-hybridized carbons (Fsp3) is 0.250. The van der Waals surface area contributed by atoms with E-state index in [0.717, 1.165) is 16.7 Å². The Bertz CT molecular complexity index is 704. The van der Waals surface area contributed by atoms with Crippen molar-refractivity contribution in [3.05, 3.63) is 48.2 Å². The molecule has 1 aromatic carbocycles. The molecule has 0 spiro atoms. The molecule has 0 fully saturated rings. The van der Waals surface area contributed by atoms with Gasteiger partial charge < -0.3 is 14.5 Å². The van der Waals surface area contributed by atoms with E-state index in [2.05, 4.69) is 15.3 Å². The van der Waals surface area contributed by atoms with Gasteiger partial charge >= 0.3 is 0 Å². The minimum atomic E-state index is 0.0861. The summed E-state index contributed by atoms with van der Waals surface area (Å²) in [5.74, 6) is 0.635. The van der Waals surface area contributed by atoms with E-state index >= 15 is 0 Å². The van der Waals surface area contributed by atoms with Gasteiger partial charge in [0, 0.05) is 18.3 Å². The number of nitrogens with zero attached hydrogens (tertiary/aromatic N) is 2. The summed E-state index contributed by atoms with van der Waals surface area (Å²) < 4.78 is 11.3. The van der Waals surface area contributed by atoms with E-state index in [4.69, 9.17) is 9.15 Å². The second kappa shape index (κ2) is 5.83. The Morgan fingerprint density at radius 1 is 1.19 bits per heavy atom. The third-order valence-electron chi connectivity index (χ3n) is 2.92. The van der Waals surface area contributed by atoms with Crippen LogP contribution in [0, 0.1) is 0 Å². The van der Waals surface area contributed by atoms with Gasteiger partial charge in [0.25, 0.3) is 6.01 Å². The quantitative estimate of drug-likeness (QED) is 0.775. The van der Waals surface area contributed by atoms with Gasteiger partial charge in [-0.25, -0.2) is 4.98 Å². The zero-order chi connectivity index (χ0) is 14.7. The van der Waals surface area contributed by atoms with Crippen LogP contribution in [-0.2, 0) is 6.54 Å². The largest absolute Gasteiger partial charge is 0.475 e. The Morgan fingerprint density at radius 3 is 2.86 bits per heavy atom. The number of oxazole rings is 1. The first-order valence-corrected chi connectivity index (χ1v) is 6.92. The van der Waals surface area contributed by atoms with E-state index in [1.807, 2.05) is 50.2 Å². The van der Waals surface area contributed by atoms with E-state index < -0.39 is 0 Å². The first kappa shape index (κ1) is 13.4. The Morgan fingerprint density at radius 2 is 2.05 bits per heavy atom. The van der Waals surface area contributed by atoms with E-state index in [1.54, 1.807) is 6.20 Å². The molecule has 2 aromatic heterocycles. The van der Waals surface area contributed by atoms with Gasteiger partial charge in [0.15, 0.2) is 5.58 Å². The molecular formula is C16H17N3O2. The van der Waals surface area contributed by atoms with Gasteiger partial charge in [-0.05, 0) is 32.0 Å². The predicted molar refractivity (Wildman–Crippen MR) is 81.3 cm³/mol. The van der Waals surface area contributed by atoms with Crippen molar-refractivity contribution in [1.82, 2.24) is 9.97 Å². The lowest BCUT2D eigenvalue weighted by Crippen LogP contribution is -2.10. The molecule has 5 heteroatoms. The molecule has 0 radical (unpaired) electrons. The van der Waals surface area contributed by atoms with Gasteiger partial charge in [0.2, 0.25) is 5.88 Å². The zero-order valence-electron chi connectivity index (χ0n) is 12.0.